The fraction of sp³-hybridized carbons (Fsp3) is 0.281. The normalized spacial score (nSPS) is 13.5. The van der Waals surface area contributed by atoms with Crippen molar-refractivity contribution >= 4 is 34.8 Å². The highest BCUT2D eigenvalue weighted by Gasteiger charge is 2.16. The minimum absolute atomic E-state index is 0.236. The van der Waals surface area contributed by atoms with Crippen LogP contribution in [0.25, 0.3) is 0 Å². The average molecular weight is 594 g/mol. The molecule has 43 heavy (non-hydrogen) atoms. The second-order valence-electron chi connectivity index (χ2n) is 10.4. The lowest BCUT2D eigenvalue weighted by Gasteiger charge is -2.32. The number of aryl methyl sites for hydroxylation is 2. The van der Waals surface area contributed by atoms with Gasteiger partial charge in [0.25, 0.3) is 5.91 Å². The number of hydrogen-bond acceptors (Lipinski definition) is 8. The molecule has 0 radical (unpaired) electrons. The highest BCUT2D eigenvalue weighted by molar-refractivity contribution is 6.31. The number of rotatable bonds is 8. The number of halogens is 1. The number of carbonyl (C=O) groups excluding carboxylic acids is 1. The van der Waals surface area contributed by atoms with E-state index < -0.39 is 0 Å². The zero-order chi connectivity index (χ0) is 30.2. The summed E-state index contributed by atoms with van der Waals surface area (Å²) in [4.78, 5) is 26.4. The molecule has 2 aromatic heterocycles. The van der Waals surface area contributed by atoms with Gasteiger partial charge in [0.15, 0.2) is 0 Å². The standard InChI is InChI=1S/C32H32ClN9O/c1-23-4-6-26(31(43)38-28-9-8-27(30(33)17-28)21-41-14-12-40(2)13-15-41)16-25(23)7-5-24-18-35-32(36-19-24)39-29-20-37-42(22-29)11-3-10-34/h4,6,8-9,16-20,22H,3,11-15,21H2,1-2H3,(H,38,43)(H,35,36,39). The Balaban J connectivity index is 1.20. The van der Waals surface area contributed by atoms with E-state index in [1.54, 1.807) is 47.7 Å². The Kier molecular flexibility index (Phi) is 9.65. The van der Waals surface area contributed by atoms with Crippen LogP contribution in [-0.4, -0.2) is 68.7 Å². The maximum absolute atomic E-state index is 13.1. The number of piperazine rings is 1. The molecule has 2 aromatic carbocycles. The van der Waals surface area contributed by atoms with Gasteiger partial charge in [-0.2, -0.15) is 10.4 Å². The Morgan fingerprint density at radius 2 is 1.81 bits per heavy atom. The van der Waals surface area contributed by atoms with Gasteiger partial charge in [0.1, 0.15) is 0 Å². The van der Waals surface area contributed by atoms with Crippen molar-refractivity contribution in [3.8, 4) is 17.9 Å². The quantitative estimate of drug-likeness (QED) is 0.283. The minimum atomic E-state index is -0.236. The lowest BCUT2D eigenvalue weighted by atomic mass is 10.0. The third-order valence-corrected chi connectivity index (χ3v) is 7.49. The van der Waals surface area contributed by atoms with Gasteiger partial charge in [-0.3, -0.25) is 14.4 Å². The van der Waals surface area contributed by atoms with E-state index in [-0.39, 0.29) is 5.91 Å². The molecule has 0 spiro atoms. The average Bonchev–Trinajstić information content (AvgIpc) is 3.46. The molecular weight excluding hydrogens is 562 g/mol. The molecule has 0 aliphatic carbocycles. The Labute approximate surface area is 256 Å². The fourth-order valence-corrected chi connectivity index (χ4v) is 4.78. The van der Waals surface area contributed by atoms with E-state index in [1.165, 1.54) is 0 Å². The van der Waals surface area contributed by atoms with Crippen molar-refractivity contribution in [3.63, 3.8) is 0 Å². The number of anilines is 3. The maximum Gasteiger partial charge on any atom is 0.255 e. The van der Waals surface area contributed by atoms with E-state index in [0.717, 1.165) is 55.1 Å². The molecule has 1 aliphatic rings. The number of aromatic nitrogens is 4. The van der Waals surface area contributed by atoms with Crippen LogP contribution >= 0.6 is 11.6 Å². The topological polar surface area (TPSA) is 115 Å². The zero-order valence-electron chi connectivity index (χ0n) is 24.1. The highest BCUT2D eigenvalue weighted by atomic mass is 35.5. The van der Waals surface area contributed by atoms with Gasteiger partial charge in [0, 0.05) is 73.2 Å². The molecule has 1 fully saturated rings. The zero-order valence-corrected chi connectivity index (χ0v) is 24.9. The number of nitrogens with one attached hydrogen (secondary N) is 2. The van der Waals surface area contributed by atoms with Gasteiger partial charge in [-0.25, -0.2) is 9.97 Å². The van der Waals surface area contributed by atoms with E-state index in [4.69, 9.17) is 16.9 Å². The molecule has 1 aliphatic heterocycles. The molecule has 10 nitrogen and oxygen atoms in total. The SMILES string of the molecule is Cc1ccc(C(=O)Nc2ccc(CN3CCN(C)CC3)c(Cl)c2)cc1C#Cc1cnc(Nc2cnn(CCC#N)c2)nc1. The van der Waals surface area contributed by atoms with Crippen LogP contribution < -0.4 is 10.6 Å². The Morgan fingerprint density at radius 1 is 1.02 bits per heavy atom. The molecule has 0 unspecified atom stereocenters. The number of likely N-dealkylation sites (N-methyl/N-ethyl adjacent to an activating group) is 1. The number of carbonyl (C=O) groups is 1. The van der Waals surface area contributed by atoms with Crippen LogP contribution in [0.3, 0.4) is 0 Å². The molecule has 0 bridgehead atoms. The van der Waals surface area contributed by atoms with Gasteiger partial charge in [-0.05, 0) is 49.4 Å². The Morgan fingerprint density at radius 3 is 2.56 bits per heavy atom. The van der Waals surface area contributed by atoms with Crippen molar-refractivity contribution in [1.29, 1.82) is 5.26 Å². The van der Waals surface area contributed by atoms with E-state index in [9.17, 15) is 4.79 Å². The number of benzene rings is 2. The van der Waals surface area contributed by atoms with Crippen molar-refractivity contribution in [2.24, 2.45) is 0 Å². The largest absolute Gasteiger partial charge is 0.322 e. The van der Waals surface area contributed by atoms with Crippen LogP contribution in [0.2, 0.25) is 5.02 Å². The van der Waals surface area contributed by atoms with Crippen LogP contribution in [0.1, 0.15) is 39.0 Å². The van der Waals surface area contributed by atoms with Gasteiger partial charge in [-0.15, -0.1) is 0 Å². The molecule has 0 saturated carbocycles. The summed E-state index contributed by atoms with van der Waals surface area (Å²) in [6, 6.07) is 13.2. The molecule has 4 aromatic rings. The fourth-order valence-electron chi connectivity index (χ4n) is 4.54. The lowest BCUT2D eigenvalue weighted by molar-refractivity contribution is 0.102. The molecular formula is C32H32ClN9O. The molecule has 2 N–H and O–H groups in total. The van der Waals surface area contributed by atoms with Crippen LogP contribution in [0.5, 0.6) is 0 Å². The first-order valence-corrected chi connectivity index (χ1v) is 14.4. The molecule has 0 atom stereocenters. The first kappa shape index (κ1) is 29.7. The van der Waals surface area contributed by atoms with Crippen molar-refractivity contribution in [2.75, 3.05) is 43.9 Å². The lowest BCUT2D eigenvalue weighted by Crippen LogP contribution is -2.43. The van der Waals surface area contributed by atoms with Crippen LogP contribution in [-0.2, 0) is 13.1 Å². The third kappa shape index (κ3) is 8.18. The maximum atomic E-state index is 13.1. The summed E-state index contributed by atoms with van der Waals surface area (Å²) < 4.78 is 1.68. The van der Waals surface area contributed by atoms with Gasteiger partial charge in [-0.1, -0.05) is 35.6 Å². The Bertz CT molecular complexity index is 1690. The number of hydrogen-bond donors (Lipinski definition) is 2. The number of nitrogens with zero attached hydrogens (tertiary/aromatic N) is 7. The molecule has 3 heterocycles. The molecule has 5 rings (SSSR count). The number of amides is 1. The highest BCUT2D eigenvalue weighted by Crippen LogP contribution is 2.24. The minimum Gasteiger partial charge on any atom is -0.322 e. The predicted molar refractivity (Wildman–Crippen MR) is 167 cm³/mol. The summed E-state index contributed by atoms with van der Waals surface area (Å²) >= 11 is 6.59. The summed E-state index contributed by atoms with van der Waals surface area (Å²) in [5, 5.41) is 19.6. The molecule has 218 valence electrons. The van der Waals surface area contributed by atoms with Gasteiger partial charge in [0.2, 0.25) is 5.95 Å². The molecule has 1 saturated heterocycles. The molecule has 1 amide bonds. The molecule has 11 heteroatoms. The first-order chi connectivity index (χ1) is 20.9. The summed E-state index contributed by atoms with van der Waals surface area (Å²) in [5.41, 5.74) is 5.24. The van der Waals surface area contributed by atoms with E-state index in [1.807, 2.05) is 25.1 Å². The van der Waals surface area contributed by atoms with Crippen molar-refractivity contribution in [3.05, 3.63) is 94.0 Å². The van der Waals surface area contributed by atoms with Crippen molar-refractivity contribution < 1.29 is 4.79 Å². The first-order valence-electron chi connectivity index (χ1n) is 14.0. The van der Waals surface area contributed by atoms with Gasteiger partial charge in [0.05, 0.1) is 36.5 Å². The second kappa shape index (κ2) is 14.0. The number of nitriles is 1. The third-order valence-electron chi connectivity index (χ3n) is 7.14. The summed E-state index contributed by atoms with van der Waals surface area (Å²) in [6.07, 6.45) is 7.09. The van der Waals surface area contributed by atoms with E-state index in [0.29, 0.717) is 40.8 Å². The van der Waals surface area contributed by atoms with Crippen molar-refractivity contribution in [2.45, 2.75) is 26.4 Å². The van der Waals surface area contributed by atoms with Crippen LogP contribution in [0.4, 0.5) is 17.3 Å². The van der Waals surface area contributed by atoms with Crippen LogP contribution in [0.15, 0.2) is 61.2 Å². The van der Waals surface area contributed by atoms with Gasteiger partial charge >= 0.3 is 0 Å². The predicted octanol–water partition coefficient (Wildman–Crippen LogP) is 4.69. The smallest absolute Gasteiger partial charge is 0.255 e. The summed E-state index contributed by atoms with van der Waals surface area (Å²) in [7, 11) is 2.14. The monoisotopic (exact) mass is 593 g/mol. The van der Waals surface area contributed by atoms with E-state index in [2.05, 4.69) is 60.5 Å². The second-order valence-corrected chi connectivity index (χ2v) is 10.8. The van der Waals surface area contributed by atoms with Crippen LogP contribution in [0, 0.1) is 30.1 Å². The van der Waals surface area contributed by atoms with E-state index >= 15 is 0 Å². The van der Waals surface area contributed by atoms with Crippen molar-refractivity contribution in [1.82, 2.24) is 29.5 Å². The summed E-state index contributed by atoms with van der Waals surface area (Å²) in [6.45, 7) is 7.38. The van der Waals surface area contributed by atoms with Gasteiger partial charge < -0.3 is 15.5 Å². The summed E-state index contributed by atoms with van der Waals surface area (Å²) in [5.74, 6) is 6.39. The Hall–Kier alpha value is -4.74.